The molecule has 0 radical (unpaired) electrons. The molecular weight excluding hydrogens is 441 g/mol. The Morgan fingerprint density at radius 1 is 1.06 bits per heavy atom. The molecule has 176 valence electrons. The summed E-state index contributed by atoms with van der Waals surface area (Å²) < 4.78 is 43.9. The molecule has 10 heteroatoms. The second-order valence-corrected chi connectivity index (χ2v) is 8.39. The molecule has 0 aliphatic carbocycles. The average Bonchev–Trinajstić information content (AvgIpc) is 2.97. The second kappa shape index (κ2) is 8.42. The summed E-state index contributed by atoms with van der Waals surface area (Å²) in [4.78, 5) is 39.1. The van der Waals surface area contributed by atoms with E-state index in [-0.39, 0.29) is 13.1 Å². The van der Waals surface area contributed by atoms with E-state index < -0.39 is 35.2 Å². The van der Waals surface area contributed by atoms with Gasteiger partial charge in [0.2, 0.25) is 0 Å². The van der Waals surface area contributed by atoms with Crippen LogP contribution in [0.25, 0.3) is 0 Å². The first-order valence-electron chi connectivity index (χ1n) is 10.0. The van der Waals surface area contributed by atoms with Crippen molar-refractivity contribution in [3.8, 4) is 5.75 Å². The van der Waals surface area contributed by atoms with E-state index in [4.69, 9.17) is 4.74 Å². The van der Waals surface area contributed by atoms with Crippen LogP contribution >= 0.6 is 0 Å². The van der Waals surface area contributed by atoms with Gasteiger partial charge in [-0.3, -0.25) is 4.79 Å². The van der Waals surface area contributed by atoms with Gasteiger partial charge in [0, 0.05) is 6.54 Å². The number of urea groups is 1. The van der Waals surface area contributed by atoms with Crippen LogP contribution in [-0.4, -0.2) is 40.1 Å². The normalized spacial score (nSPS) is 14.8. The van der Waals surface area contributed by atoms with Crippen molar-refractivity contribution in [3.05, 3.63) is 58.7 Å². The first-order chi connectivity index (χ1) is 15.2. The molecule has 1 aliphatic rings. The molecule has 0 atom stereocenters. The number of halogens is 3. The van der Waals surface area contributed by atoms with E-state index in [9.17, 15) is 32.7 Å². The van der Waals surface area contributed by atoms with Gasteiger partial charge in [0.15, 0.2) is 5.60 Å². The van der Waals surface area contributed by atoms with Crippen LogP contribution in [0.1, 0.15) is 36.1 Å². The van der Waals surface area contributed by atoms with Gasteiger partial charge >= 0.3 is 18.2 Å². The molecule has 0 saturated carbocycles. The maximum absolute atomic E-state index is 12.9. The fraction of sp³-hybridized carbons (Fsp3) is 0.348. The molecule has 1 fully saturated rings. The topological polar surface area (TPSA) is 87.2 Å². The summed E-state index contributed by atoms with van der Waals surface area (Å²) in [5, 5.41) is 9.30. The van der Waals surface area contributed by atoms with Crippen molar-refractivity contribution >= 4 is 23.6 Å². The van der Waals surface area contributed by atoms with E-state index in [0.717, 1.165) is 17.0 Å². The van der Waals surface area contributed by atoms with Gasteiger partial charge in [0.05, 0.1) is 11.3 Å². The summed E-state index contributed by atoms with van der Waals surface area (Å²) in [6, 6.07) is 6.91. The van der Waals surface area contributed by atoms with Crippen LogP contribution in [0.5, 0.6) is 5.75 Å². The van der Waals surface area contributed by atoms with E-state index in [0.29, 0.717) is 28.1 Å². The number of carbonyl (C=O) groups is 3. The molecule has 0 spiro atoms. The number of amides is 3. The number of hydrogen-bond acceptors (Lipinski definition) is 4. The van der Waals surface area contributed by atoms with E-state index in [2.05, 4.69) is 0 Å². The number of aliphatic carboxylic acids is 1. The van der Waals surface area contributed by atoms with E-state index >= 15 is 0 Å². The Morgan fingerprint density at radius 2 is 1.61 bits per heavy atom. The summed E-state index contributed by atoms with van der Waals surface area (Å²) in [6.07, 6.45) is -4.46. The number of imide groups is 1. The molecule has 3 amide bonds. The molecule has 2 aromatic carbocycles. The van der Waals surface area contributed by atoms with Crippen LogP contribution < -0.4 is 9.64 Å². The largest absolute Gasteiger partial charge is 0.478 e. The predicted octanol–water partition coefficient (Wildman–Crippen LogP) is 4.53. The Balaban J connectivity index is 1.81. The van der Waals surface area contributed by atoms with Crippen molar-refractivity contribution in [2.24, 2.45) is 0 Å². The van der Waals surface area contributed by atoms with Crippen molar-refractivity contribution in [2.45, 2.75) is 46.0 Å². The molecule has 0 bridgehead atoms. The van der Waals surface area contributed by atoms with Crippen molar-refractivity contribution in [1.82, 2.24) is 4.90 Å². The number of rotatable bonds is 6. The number of benzene rings is 2. The van der Waals surface area contributed by atoms with Crippen LogP contribution in [0, 0.1) is 13.8 Å². The van der Waals surface area contributed by atoms with Crippen LogP contribution in [0.15, 0.2) is 36.4 Å². The molecule has 1 aliphatic heterocycles. The number of hydrogen-bond donors (Lipinski definition) is 1. The van der Waals surface area contributed by atoms with E-state index in [1.165, 1.54) is 30.9 Å². The highest BCUT2D eigenvalue weighted by molar-refractivity contribution is 6.19. The van der Waals surface area contributed by atoms with Gasteiger partial charge in [-0.25, -0.2) is 14.5 Å². The Labute approximate surface area is 188 Å². The molecule has 1 heterocycles. The highest BCUT2D eigenvalue weighted by Crippen LogP contribution is 2.34. The molecule has 7 nitrogen and oxygen atoms in total. The molecule has 33 heavy (non-hydrogen) atoms. The van der Waals surface area contributed by atoms with Crippen molar-refractivity contribution in [1.29, 1.82) is 0 Å². The molecule has 1 N–H and O–H groups in total. The lowest BCUT2D eigenvalue weighted by atomic mass is 10.1. The molecule has 2 aromatic rings. The maximum Gasteiger partial charge on any atom is 0.416 e. The summed E-state index contributed by atoms with van der Waals surface area (Å²) in [5.41, 5.74) is -0.430. The summed E-state index contributed by atoms with van der Waals surface area (Å²) >= 11 is 0. The zero-order valence-corrected chi connectivity index (χ0v) is 18.5. The van der Waals surface area contributed by atoms with Gasteiger partial charge in [0.25, 0.3) is 5.91 Å². The van der Waals surface area contributed by atoms with Crippen LogP contribution in [-0.2, 0) is 22.3 Å². The molecular formula is C23H23F3N2O5. The Hall–Kier alpha value is -3.56. The SMILES string of the molecule is Cc1cc(N2C(=O)CN(Cc3ccc(C(F)(F)F)cc3)C2=O)cc(C)c1OC(C)(C)C(=O)O. The summed E-state index contributed by atoms with van der Waals surface area (Å²) in [7, 11) is 0. The van der Waals surface area contributed by atoms with Crippen LogP contribution in [0.2, 0.25) is 0 Å². The zero-order valence-electron chi connectivity index (χ0n) is 18.5. The van der Waals surface area contributed by atoms with Gasteiger partial charge in [-0.2, -0.15) is 13.2 Å². The highest BCUT2D eigenvalue weighted by atomic mass is 19.4. The Morgan fingerprint density at radius 3 is 2.09 bits per heavy atom. The van der Waals surface area contributed by atoms with Gasteiger partial charge in [-0.1, -0.05) is 12.1 Å². The minimum atomic E-state index is -4.46. The first-order valence-corrected chi connectivity index (χ1v) is 10.0. The van der Waals surface area contributed by atoms with Crippen molar-refractivity contribution < 1.29 is 37.4 Å². The summed E-state index contributed by atoms with van der Waals surface area (Å²) in [5.74, 6) is -1.29. The number of ether oxygens (including phenoxy) is 1. The smallest absolute Gasteiger partial charge is 0.416 e. The first kappa shape index (κ1) is 24.1. The third-order valence-corrected chi connectivity index (χ3v) is 5.27. The van der Waals surface area contributed by atoms with Gasteiger partial charge in [-0.05, 0) is 68.7 Å². The Kier molecular flexibility index (Phi) is 6.14. The fourth-order valence-corrected chi connectivity index (χ4v) is 3.46. The minimum absolute atomic E-state index is 0.0226. The summed E-state index contributed by atoms with van der Waals surface area (Å²) in [6.45, 7) is 5.93. The standard InChI is InChI=1S/C23H23F3N2O5/c1-13-9-17(10-14(2)19(13)33-22(3,4)20(30)31)28-18(29)12-27(21(28)32)11-15-5-7-16(8-6-15)23(24,25)26/h5-10H,11-12H2,1-4H3,(H,30,31). The molecule has 1 saturated heterocycles. The lowest BCUT2D eigenvalue weighted by Crippen LogP contribution is -2.38. The average molecular weight is 464 g/mol. The van der Waals surface area contributed by atoms with Crippen LogP contribution in [0.4, 0.5) is 23.7 Å². The Bertz CT molecular complexity index is 1090. The minimum Gasteiger partial charge on any atom is -0.478 e. The lowest BCUT2D eigenvalue weighted by Gasteiger charge is -2.25. The lowest BCUT2D eigenvalue weighted by molar-refractivity contribution is -0.152. The number of nitrogens with zero attached hydrogens (tertiary/aromatic N) is 2. The van der Waals surface area contributed by atoms with Gasteiger partial charge in [-0.15, -0.1) is 0 Å². The predicted molar refractivity (Wildman–Crippen MR) is 113 cm³/mol. The number of carbonyl (C=O) groups excluding carboxylic acids is 2. The third-order valence-electron chi connectivity index (χ3n) is 5.27. The molecule has 0 unspecified atom stereocenters. The highest BCUT2D eigenvalue weighted by Gasteiger charge is 2.38. The van der Waals surface area contributed by atoms with Crippen LogP contribution in [0.3, 0.4) is 0 Å². The van der Waals surface area contributed by atoms with E-state index in [1.807, 2.05) is 0 Å². The number of aryl methyl sites for hydroxylation is 2. The quantitative estimate of drug-likeness (QED) is 0.635. The zero-order chi connectivity index (χ0) is 24.7. The third kappa shape index (κ3) is 4.94. The number of carboxylic acid groups (broad SMARTS) is 1. The van der Waals surface area contributed by atoms with Gasteiger partial charge < -0.3 is 14.7 Å². The maximum atomic E-state index is 12.9. The van der Waals surface area contributed by atoms with Crippen molar-refractivity contribution in [2.75, 3.05) is 11.4 Å². The fourth-order valence-electron chi connectivity index (χ4n) is 3.46. The number of carboxylic acids is 1. The molecule has 3 rings (SSSR count). The number of anilines is 1. The second-order valence-electron chi connectivity index (χ2n) is 8.39. The van der Waals surface area contributed by atoms with Gasteiger partial charge in [0.1, 0.15) is 12.3 Å². The van der Waals surface area contributed by atoms with Crippen molar-refractivity contribution in [3.63, 3.8) is 0 Å². The van der Waals surface area contributed by atoms with E-state index in [1.54, 1.807) is 26.0 Å². The number of alkyl halides is 3. The monoisotopic (exact) mass is 464 g/mol. The molecule has 0 aromatic heterocycles.